The summed E-state index contributed by atoms with van der Waals surface area (Å²) in [6.07, 6.45) is -1.31. The highest BCUT2D eigenvalue weighted by atomic mass is 16.6. The number of likely N-dealkylation sites (tertiary alicyclic amines) is 1. The number of carbonyl (C=O) groups is 4. The molecule has 4 atom stereocenters. The highest BCUT2D eigenvalue weighted by Crippen LogP contribution is 2.27. The van der Waals surface area contributed by atoms with Crippen LogP contribution in [-0.4, -0.2) is 88.2 Å². The fourth-order valence-corrected chi connectivity index (χ4v) is 4.90. The van der Waals surface area contributed by atoms with E-state index in [1.807, 2.05) is 45.0 Å². The van der Waals surface area contributed by atoms with Crippen LogP contribution in [-0.2, 0) is 32.2 Å². The summed E-state index contributed by atoms with van der Waals surface area (Å²) < 4.78 is 10.9. The molecule has 2 aliphatic rings. The van der Waals surface area contributed by atoms with E-state index in [1.165, 1.54) is 4.90 Å². The van der Waals surface area contributed by atoms with Gasteiger partial charge in [0.1, 0.15) is 18.2 Å². The predicted molar refractivity (Wildman–Crippen MR) is 151 cm³/mol. The van der Waals surface area contributed by atoms with E-state index in [1.54, 1.807) is 11.8 Å². The molecule has 13 heteroatoms. The summed E-state index contributed by atoms with van der Waals surface area (Å²) in [4.78, 5) is 55.3. The summed E-state index contributed by atoms with van der Waals surface area (Å²) in [5.74, 6) is -2.11. The van der Waals surface area contributed by atoms with Gasteiger partial charge in [0.15, 0.2) is 0 Å². The number of nitrogens with one attached hydrogen (secondary N) is 2. The average Bonchev–Trinajstić information content (AvgIpc) is 3.54. The summed E-state index contributed by atoms with van der Waals surface area (Å²) >= 11 is 0. The van der Waals surface area contributed by atoms with Crippen molar-refractivity contribution >= 4 is 31.1 Å². The molecule has 0 spiro atoms. The Morgan fingerprint density at radius 2 is 1.76 bits per heavy atom. The van der Waals surface area contributed by atoms with E-state index >= 15 is 0 Å². The van der Waals surface area contributed by atoms with E-state index in [2.05, 4.69) is 17.2 Å². The minimum absolute atomic E-state index is 0.00875. The first kappa shape index (κ1) is 31.9. The van der Waals surface area contributed by atoms with Gasteiger partial charge >= 0.3 is 19.3 Å². The molecule has 1 fully saturated rings. The van der Waals surface area contributed by atoms with Gasteiger partial charge in [-0.2, -0.15) is 0 Å². The minimum atomic E-state index is -1.80. The summed E-state index contributed by atoms with van der Waals surface area (Å²) in [7, 11) is -1.80. The van der Waals surface area contributed by atoms with Gasteiger partial charge in [0, 0.05) is 19.5 Å². The Balaban J connectivity index is 1.77. The van der Waals surface area contributed by atoms with E-state index < -0.39 is 55.2 Å². The summed E-state index contributed by atoms with van der Waals surface area (Å²) in [6, 6.07) is 5.40. The largest absolute Gasteiger partial charge is 0.475 e. The molecule has 2 heterocycles. The lowest BCUT2D eigenvalue weighted by Gasteiger charge is -2.29. The van der Waals surface area contributed by atoms with Crippen LogP contribution in [0.1, 0.15) is 58.1 Å². The SMILES string of the molecule is C=C(C)[C@H](NC(=O)OCC(C)C)C(=O)N1C[C@H](OC(=O)N2Cc3ccccc3C2)C[C@H]1C(=O)N[C@@H](CCC)B(O)O. The van der Waals surface area contributed by atoms with E-state index in [0.717, 1.165) is 11.1 Å². The summed E-state index contributed by atoms with van der Waals surface area (Å²) in [5.41, 5.74) is 2.36. The summed E-state index contributed by atoms with van der Waals surface area (Å²) in [6.45, 7) is 11.8. The Morgan fingerprint density at radius 1 is 1.12 bits per heavy atom. The van der Waals surface area contributed by atoms with Crippen molar-refractivity contribution in [3.05, 3.63) is 47.5 Å². The van der Waals surface area contributed by atoms with Gasteiger partial charge in [-0.1, -0.05) is 58.0 Å². The second-order valence-electron chi connectivity index (χ2n) is 11.1. The first-order valence-electron chi connectivity index (χ1n) is 14.0. The Labute approximate surface area is 241 Å². The molecular weight excluding hydrogens is 531 g/mol. The van der Waals surface area contributed by atoms with Gasteiger partial charge in [-0.15, -0.1) is 0 Å². The van der Waals surface area contributed by atoms with Crippen LogP contribution in [0.3, 0.4) is 0 Å². The predicted octanol–water partition coefficient (Wildman–Crippen LogP) is 1.73. The molecule has 0 bridgehead atoms. The van der Waals surface area contributed by atoms with Crippen LogP contribution in [0.4, 0.5) is 9.59 Å². The van der Waals surface area contributed by atoms with E-state index in [-0.39, 0.29) is 25.5 Å². The second kappa shape index (κ2) is 14.4. The Hall–Kier alpha value is -3.58. The fraction of sp³-hybridized carbons (Fsp3) is 0.571. The van der Waals surface area contributed by atoms with E-state index in [0.29, 0.717) is 31.5 Å². The van der Waals surface area contributed by atoms with Crippen LogP contribution in [0.5, 0.6) is 0 Å². The van der Waals surface area contributed by atoms with Gasteiger partial charge in [0.2, 0.25) is 11.8 Å². The van der Waals surface area contributed by atoms with Crippen molar-refractivity contribution in [1.82, 2.24) is 20.4 Å². The third-order valence-electron chi connectivity index (χ3n) is 7.05. The van der Waals surface area contributed by atoms with Gasteiger partial charge in [0.05, 0.1) is 19.1 Å². The molecule has 0 saturated carbocycles. The van der Waals surface area contributed by atoms with Crippen molar-refractivity contribution in [3.8, 4) is 0 Å². The van der Waals surface area contributed by atoms with Gasteiger partial charge in [-0.05, 0) is 36.0 Å². The monoisotopic (exact) mass is 572 g/mol. The second-order valence-corrected chi connectivity index (χ2v) is 11.1. The average molecular weight is 572 g/mol. The maximum atomic E-state index is 13.7. The topological polar surface area (TPSA) is 158 Å². The van der Waals surface area contributed by atoms with Crippen LogP contribution in [0.25, 0.3) is 0 Å². The Bertz CT molecular complexity index is 1110. The van der Waals surface area contributed by atoms with Crippen LogP contribution < -0.4 is 10.6 Å². The van der Waals surface area contributed by atoms with Gasteiger partial charge in [-0.25, -0.2) is 9.59 Å². The van der Waals surface area contributed by atoms with Crippen LogP contribution >= 0.6 is 0 Å². The Kier molecular flexibility index (Phi) is 11.2. The molecule has 41 heavy (non-hydrogen) atoms. The van der Waals surface area contributed by atoms with Crippen molar-refractivity contribution in [1.29, 1.82) is 0 Å². The maximum absolute atomic E-state index is 13.7. The number of alkyl carbamates (subject to hydrolysis) is 1. The number of fused-ring (bicyclic) bond motifs is 1. The number of hydrogen-bond acceptors (Lipinski definition) is 8. The first-order valence-corrected chi connectivity index (χ1v) is 14.0. The van der Waals surface area contributed by atoms with E-state index in [4.69, 9.17) is 9.47 Å². The van der Waals surface area contributed by atoms with Crippen molar-refractivity contribution < 1.29 is 38.7 Å². The zero-order chi connectivity index (χ0) is 30.3. The molecule has 0 aromatic heterocycles. The first-order chi connectivity index (χ1) is 19.4. The molecule has 2 aliphatic heterocycles. The molecule has 4 amide bonds. The standard InChI is InChI=1S/C28H41BN4O8/c1-6-9-23(29(38)39)30-25(34)22-12-21(41-28(37)32-13-19-10-7-8-11-20(19)14-32)15-33(22)26(35)24(18(4)5)31-27(36)40-16-17(2)3/h7-8,10-11,17,21-24,38-39H,4,6,9,12-16H2,1-3,5H3,(H,30,34)(H,31,36)/t21-,22+,23+,24+/m1/s1. The zero-order valence-electron chi connectivity index (χ0n) is 24.2. The number of benzene rings is 1. The molecular formula is C28H41BN4O8. The lowest BCUT2D eigenvalue weighted by atomic mass is 9.76. The minimum Gasteiger partial charge on any atom is -0.449 e. The van der Waals surface area contributed by atoms with Gasteiger partial charge < -0.3 is 35.1 Å². The number of hydrogen-bond donors (Lipinski definition) is 4. The molecule has 1 saturated heterocycles. The van der Waals surface area contributed by atoms with Crippen LogP contribution in [0.2, 0.25) is 0 Å². The smallest absolute Gasteiger partial charge is 0.449 e. The number of amides is 4. The third-order valence-corrected chi connectivity index (χ3v) is 7.05. The lowest BCUT2D eigenvalue weighted by molar-refractivity contribution is -0.139. The van der Waals surface area contributed by atoms with Gasteiger partial charge in [0.25, 0.3) is 0 Å². The van der Waals surface area contributed by atoms with Crippen molar-refractivity contribution in [2.75, 3.05) is 13.2 Å². The molecule has 1 aromatic rings. The molecule has 1 aromatic carbocycles. The summed E-state index contributed by atoms with van der Waals surface area (Å²) in [5, 5.41) is 24.6. The number of ether oxygens (including phenoxy) is 2. The molecule has 0 radical (unpaired) electrons. The molecule has 4 N–H and O–H groups in total. The molecule has 0 unspecified atom stereocenters. The van der Waals surface area contributed by atoms with Crippen molar-refractivity contribution in [2.45, 2.75) is 84.2 Å². The van der Waals surface area contributed by atoms with Crippen molar-refractivity contribution in [2.24, 2.45) is 5.92 Å². The van der Waals surface area contributed by atoms with Crippen molar-refractivity contribution in [3.63, 3.8) is 0 Å². The quantitative estimate of drug-likeness (QED) is 0.231. The molecule has 3 rings (SSSR count). The number of carbonyl (C=O) groups excluding carboxylic acids is 4. The highest BCUT2D eigenvalue weighted by Gasteiger charge is 2.45. The number of rotatable bonds is 11. The van der Waals surface area contributed by atoms with E-state index in [9.17, 15) is 29.2 Å². The maximum Gasteiger partial charge on any atom is 0.475 e. The van der Waals surface area contributed by atoms with Gasteiger partial charge in [-0.3, -0.25) is 14.5 Å². The fourth-order valence-electron chi connectivity index (χ4n) is 4.90. The highest BCUT2D eigenvalue weighted by molar-refractivity contribution is 6.43. The lowest BCUT2D eigenvalue weighted by Crippen LogP contribution is -2.56. The van der Waals surface area contributed by atoms with Crippen LogP contribution in [0, 0.1) is 5.92 Å². The number of nitrogens with zero attached hydrogens (tertiary/aromatic N) is 2. The third kappa shape index (κ3) is 8.46. The molecule has 224 valence electrons. The van der Waals surface area contributed by atoms with Crippen LogP contribution in [0.15, 0.2) is 36.4 Å². The molecule has 12 nitrogen and oxygen atoms in total. The molecule has 0 aliphatic carbocycles. The zero-order valence-corrected chi connectivity index (χ0v) is 24.2. The normalized spacial score (nSPS) is 19.3. The Morgan fingerprint density at radius 3 is 2.29 bits per heavy atom.